The van der Waals surface area contributed by atoms with Crippen molar-refractivity contribution in [3.05, 3.63) is 64.7 Å². The van der Waals surface area contributed by atoms with Crippen molar-refractivity contribution in [2.24, 2.45) is 5.92 Å². The van der Waals surface area contributed by atoms with Crippen LogP contribution in [0.5, 0.6) is 0 Å². The van der Waals surface area contributed by atoms with Gasteiger partial charge >= 0.3 is 5.97 Å². The van der Waals surface area contributed by atoms with Gasteiger partial charge in [0.15, 0.2) is 6.10 Å². The van der Waals surface area contributed by atoms with Gasteiger partial charge in [-0.25, -0.2) is 0 Å². The van der Waals surface area contributed by atoms with Crippen molar-refractivity contribution in [2.45, 2.75) is 32.9 Å². The molecule has 7 heteroatoms. The average molecular weight is 415 g/mol. The summed E-state index contributed by atoms with van der Waals surface area (Å²) in [5, 5.41) is 3.26. The molecule has 0 spiro atoms. The van der Waals surface area contributed by atoms with Crippen LogP contribution in [0.3, 0.4) is 0 Å². The van der Waals surface area contributed by atoms with Gasteiger partial charge in [0.05, 0.1) is 5.92 Å². The molecule has 0 bridgehead atoms. The Morgan fingerprint density at radius 3 is 2.66 bits per heavy atom. The summed E-state index contributed by atoms with van der Waals surface area (Å²) in [6, 6.07) is 14.8. The Hall–Kier alpha value is -2.86. The molecule has 6 nitrogen and oxygen atoms in total. The van der Waals surface area contributed by atoms with Gasteiger partial charge in [-0.15, -0.1) is 0 Å². The van der Waals surface area contributed by atoms with E-state index in [1.54, 1.807) is 30.0 Å². The Morgan fingerprint density at radius 1 is 1.21 bits per heavy atom. The molecule has 0 radical (unpaired) electrons. The number of nitrogens with one attached hydrogen (secondary N) is 1. The number of carbonyl (C=O) groups is 3. The fraction of sp³-hybridized carbons (Fsp3) is 0.318. The molecular weight excluding hydrogens is 392 g/mol. The quantitative estimate of drug-likeness (QED) is 0.733. The first kappa shape index (κ1) is 20.9. The SMILES string of the molecule is Cc1c(Cl)cccc1NC(=O)[C@@H](C)OC(=O)[C@@H]1CC(=O)N(Cc2ccccc2)C1. The summed E-state index contributed by atoms with van der Waals surface area (Å²) < 4.78 is 5.32. The van der Waals surface area contributed by atoms with Crippen molar-refractivity contribution < 1.29 is 19.1 Å². The van der Waals surface area contributed by atoms with E-state index in [9.17, 15) is 14.4 Å². The van der Waals surface area contributed by atoms with Crippen molar-refractivity contribution in [2.75, 3.05) is 11.9 Å². The Bertz CT molecular complexity index is 916. The Morgan fingerprint density at radius 2 is 1.93 bits per heavy atom. The van der Waals surface area contributed by atoms with Crippen LogP contribution in [-0.2, 0) is 25.7 Å². The molecule has 152 valence electrons. The van der Waals surface area contributed by atoms with Crippen molar-refractivity contribution in [3.8, 4) is 0 Å². The summed E-state index contributed by atoms with van der Waals surface area (Å²) >= 11 is 6.06. The van der Waals surface area contributed by atoms with E-state index in [-0.39, 0.29) is 18.9 Å². The summed E-state index contributed by atoms with van der Waals surface area (Å²) in [6.45, 7) is 4.04. The van der Waals surface area contributed by atoms with E-state index in [1.165, 1.54) is 6.92 Å². The summed E-state index contributed by atoms with van der Waals surface area (Å²) in [5.74, 6) is -1.66. The van der Waals surface area contributed by atoms with Crippen LogP contribution in [0, 0.1) is 12.8 Å². The van der Waals surface area contributed by atoms with Gasteiger partial charge in [0.25, 0.3) is 5.91 Å². The number of rotatable bonds is 6. The molecule has 3 rings (SSSR count). The zero-order valence-electron chi connectivity index (χ0n) is 16.4. The molecule has 1 N–H and O–H groups in total. The smallest absolute Gasteiger partial charge is 0.312 e. The highest BCUT2D eigenvalue weighted by molar-refractivity contribution is 6.31. The number of esters is 1. The van der Waals surface area contributed by atoms with Gasteiger partial charge in [-0.2, -0.15) is 0 Å². The molecular formula is C22H23ClN2O4. The molecule has 2 aromatic carbocycles. The van der Waals surface area contributed by atoms with Crippen LogP contribution < -0.4 is 5.32 Å². The van der Waals surface area contributed by atoms with Gasteiger partial charge in [-0.3, -0.25) is 14.4 Å². The number of anilines is 1. The summed E-state index contributed by atoms with van der Waals surface area (Å²) in [5.41, 5.74) is 2.30. The Kier molecular flexibility index (Phi) is 6.54. The number of halogens is 1. The van der Waals surface area contributed by atoms with E-state index >= 15 is 0 Å². The molecule has 1 fully saturated rings. The first-order valence-electron chi connectivity index (χ1n) is 9.43. The number of benzene rings is 2. The van der Waals surface area contributed by atoms with E-state index in [4.69, 9.17) is 16.3 Å². The molecule has 0 unspecified atom stereocenters. The summed E-state index contributed by atoms with van der Waals surface area (Å²) in [6.07, 6.45) is -0.896. The fourth-order valence-corrected chi connectivity index (χ4v) is 3.36. The highest BCUT2D eigenvalue weighted by Crippen LogP contribution is 2.24. The molecule has 0 aliphatic carbocycles. The Labute approximate surface area is 174 Å². The average Bonchev–Trinajstić information content (AvgIpc) is 3.06. The molecule has 0 aromatic heterocycles. The van der Waals surface area contributed by atoms with E-state index in [1.807, 2.05) is 30.3 Å². The normalized spacial score (nSPS) is 17.1. The first-order chi connectivity index (χ1) is 13.8. The Balaban J connectivity index is 1.54. The van der Waals surface area contributed by atoms with Crippen LogP contribution in [0.4, 0.5) is 5.69 Å². The number of carbonyl (C=O) groups excluding carboxylic acids is 3. The molecule has 2 aromatic rings. The minimum atomic E-state index is -0.987. The van der Waals surface area contributed by atoms with Crippen molar-refractivity contribution in [1.29, 1.82) is 0 Å². The van der Waals surface area contributed by atoms with Gasteiger partial charge in [0.2, 0.25) is 5.91 Å². The third kappa shape index (κ3) is 5.15. The highest BCUT2D eigenvalue weighted by atomic mass is 35.5. The monoisotopic (exact) mass is 414 g/mol. The van der Waals surface area contributed by atoms with Crippen molar-refractivity contribution in [3.63, 3.8) is 0 Å². The number of hydrogen-bond acceptors (Lipinski definition) is 4. The van der Waals surface area contributed by atoms with Crippen LogP contribution in [0.25, 0.3) is 0 Å². The third-order valence-electron chi connectivity index (χ3n) is 4.95. The number of nitrogens with zero attached hydrogens (tertiary/aromatic N) is 1. The van der Waals surface area contributed by atoms with Crippen LogP contribution in [-0.4, -0.2) is 35.3 Å². The molecule has 29 heavy (non-hydrogen) atoms. The third-order valence-corrected chi connectivity index (χ3v) is 5.36. The number of hydrogen-bond donors (Lipinski definition) is 1. The fourth-order valence-electron chi connectivity index (χ4n) is 3.19. The minimum Gasteiger partial charge on any atom is -0.452 e. The number of likely N-dealkylation sites (tertiary alicyclic amines) is 1. The van der Waals surface area contributed by atoms with Crippen molar-refractivity contribution >= 4 is 35.1 Å². The van der Waals surface area contributed by atoms with E-state index in [0.29, 0.717) is 17.3 Å². The maximum Gasteiger partial charge on any atom is 0.312 e. The van der Waals surface area contributed by atoms with Crippen LogP contribution in [0.15, 0.2) is 48.5 Å². The predicted octanol–water partition coefficient (Wildman–Crippen LogP) is 3.57. The molecule has 2 atom stereocenters. The topological polar surface area (TPSA) is 75.7 Å². The lowest BCUT2D eigenvalue weighted by Crippen LogP contribution is -2.33. The largest absolute Gasteiger partial charge is 0.452 e. The summed E-state index contributed by atoms with van der Waals surface area (Å²) in [7, 11) is 0. The number of amides is 2. The standard InChI is InChI=1S/C22H23ClN2O4/c1-14-18(23)9-6-10-19(14)24-21(27)15(2)29-22(28)17-11-20(26)25(13-17)12-16-7-4-3-5-8-16/h3-10,15,17H,11-13H2,1-2H3,(H,24,27)/t15-,17-/m1/s1. The lowest BCUT2D eigenvalue weighted by Gasteiger charge is -2.18. The lowest BCUT2D eigenvalue weighted by atomic mass is 10.1. The minimum absolute atomic E-state index is 0.0907. The van der Waals surface area contributed by atoms with Crippen LogP contribution >= 0.6 is 11.6 Å². The van der Waals surface area contributed by atoms with Crippen LogP contribution in [0.2, 0.25) is 5.02 Å². The second-order valence-electron chi connectivity index (χ2n) is 7.14. The highest BCUT2D eigenvalue weighted by Gasteiger charge is 2.36. The summed E-state index contributed by atoms with van der Waals surface area (Å²) in [4.78, 5) is 38.8. The second kappa shape index (κ2) is 9.09. The first-order valence-corrected chi connectivity index (χ1v) is 9.81. The molecule has 2 amide bonds. The lowest BCUT2D eigenvalue weighted by molar-refractivity contribution is -0.157. The maximum absolute atomic E-state index is 12.5. The molecule has 1 aliphatic rings. The van der Waals surface area contributed by atoms with Gasteiger partial charge < -0.3 is 15.0 Å². The molecule has 1 heterocycles. The number of ether oxygens (including phenoxy) is 1. The van der Waals surface area contributed by atoms with Crippen LogP contribution in [0.1, 0.15) is 24.5 Å². The van der Waals surface area contributed by atoms with Gasteiger partial charge in [-0.05, 0) is 37.1 Å². The van der Waals surface area contributed by atoms with Gasteiger partial charge in [-0.1, -0.05) is 48.0 Å². The zero-order valence-corrected chi connectivity index (χ0v) is 17.1. The molecule has 1 aliphatic heterocycles. The molecule has 0 saturated carbocycles. The van der Waals surface area contributed by atoms with E-state index < -0.39 is 23.9 Å². The molecule has 1 saturated heterocycles. The van der Waals surface area contributed by atoms with Gasteiger partial charge in [0, 0.05) is 30.2 Å². The van der Waals surface area contributed by atoms with Crippen molar-refractivity contribution in [1.82, 2.24) is 4.90 Å². The predicted molar refractivity (Wildman–Crippen MR) is 110 cm³/mol. The van der Waals surface area contributed by atoms with E-state index in [2.05, 4.69) is 5.32 Å². The second-order valence-corrected chi connectivity index (χ2v) is 7.55. The zero-order chi connectivity index (χ0) is 21.0. The maximum atomic E-state index is 12.5. The van der Waals surface area contributed by atoms with Gasteiger partial charge in [0.1, 0.15) is 0 Å². The van der Waals surface area contributed by atoms with E-state index in [0.717, 1.165) is 11.1 Å².